The van der Waals surface area contributed by atoms with E-state index in [9.17, 15) is 37.6 Å². The molecule has 21 nitrogen and oxygen atoms in total. The molecule has 0 spiro atoms. The number of hydrogen-bond acceptors (Lipinski definition) is 12. The molecule has 4 rings (SSSR count). The first-order valence-electron chi connectivity index (χ1n) is 11.4. The number of nitrogens with zero attached hydrogens (tertiary/aromatic N) is 1. The van der Waals surface area contributed by atoms with Crippen LogP contribution in [0.1, 0.15) is 20.5 Å². The van der Waals surface area contributed by atoms with E-state index in [4.69, 9.17) is 53.8 Å². The molecule has 2 aromatic rings. The van der Waals surface area contributed by atoms with Crippen molar-refractivity contribution in [2.45, 2.75) is 49.3 Å². The van der Waals surface area contributed by atoms with Gasteiger partial charge in [-0.1, -0.05) is 0 Å². The van der Waals surface area contributed by atoms with Crippen LogP contribution in [0.25, 0.3) is 0 Å². The Labute approximate surface area is 286 Å². The predicted molar refractivity (Wildman–Crippen MR) is 134 cm³/mol. The SMILES string of the molecule is O=P(O)(O)O.O=P(O)(O)[C@H]1CC(O)[C@@H](CO)O1.O=c1[nH]c(=O)n([C@H]2CC(O)[C@@H](CO)O2)cc1F.O=c1[nH]cc(F)c(=O)[nH]1.[H-].[K+]. The number of nitrogens with one attached hydrogen (secondary N) is 3. The molecule has 2 aliphatic rings. The Bertz CT molecular complexity index is 1520. The summed E-state index contributed by atoms with van der Waals surface area (Å²) in [4.78, 5) is 86.9. The molecule has 26 heteroatoms. The molecule has 4 heterocycles. The summed E-state index contributed by atoms with van der Waals surface area (Å²) in [5.41, 5.74) is -3.64. The van der Waals surface area contributed by atoms with E-state index in [0.29, 0.717) is 6.20 Å². The Morgan fingerprint density at radius 1 is 0.864 bits per heavy atom. The molecule has 44 heavy (non-hydrogen) atoms. The van der Waals surface area contributed by atoms with Crippen LogP contribution < -0.4 is 73.9 Å². The van der Waals surface area contributed by atoms with Gasteiger partial charge in [-0.2, -0.15) is 8.78 Å². The molecule has 0 aromatic carbocycles. The van der Waals surface area contributed by atoms with Gasteiger partial charge in [0, 0.05) is 19.0 Å². The molecule has 12 N–H and O–H groups in total. The molecular weight excluding hydrogens is 683 g/mol. The average molecular weight is 712 g/mol. The summed E-state index contributed by atoms with van der Waals surface area (Å²) in [6, 6.07) is 0. The molecular formula is C18H29F2KN4O17P2. The number of halogens is 2. The minimum atomic E-state index is -4.64. The van der Waals surface area contributed by atoms with Crippen LogP contribution in [0.2, 0.25) is 0 Å². The van der Waals surface area contributed by atoms with Gasteiger partial charge in [-0.15, -0.1) is 0 Å². The number of ether oxygens (including phenoxy) is 2. The quantitative estimate of drug-likeness (QED) is 0.103. The molecule has 2 fully saturated rings. The molecule has 6 atom stereocenters. The van der Waals surface area contributed by atoms with Crippen molar-refractivity contribution in [2.24, 2.45) is 0 Å². The molecule has 0 saturated carbocycles. The third kappa shape index (κ3) is 15.0. The van der Waals surface area contributed by atoms with Crippen LogP contribution in [0.15, 0.2) is 31.6 Å². The Morgan fingerprint density at radius 3 is 1.73 bits per heavy atom. The summed E-state index contributed by atoms with van der Waals surface area (Å²) in [6.45, 7) is -0.837. The van der Waals surface area contributed by atoms with Crippen molar-refractivity contribution in [3.8, 4) is 0 Å². The zero-order valence-electron chi connectivity index (χ0n) is 23.3. The van der Waals surface area contributed by atoms with E-state index in [1.54, 1.807) is 9.97 Å². The summed E-state index contributed by atoms with van der Waals surface area (Å²) in [5, 5.41) is 36.0. The van der Waals surface area contributed by atoms with Crippen LogP contribution >= 0.6 is 15.4 Å². The number of rotatable bonds is 4. The maximum Gasteiger partial charge on any atom is 1.00 e. The zero-order chi connectivity index (χ0) is 33.3. The van der Waals surface area contributed by atoms with Gasteiger partial charge >= 0.3 is 78.2 Å². The summed E-state index contributed by atoms with van der Waals surface area (Å²) in [5.74, 6) is -3.38. The van der Waals surface area contributed by atoms with Crippen LogP contribution in [0.5, 0.6) is 0 Å². The Kier molecular flexibility index (Phi) is 18.4. The Balaban J connectivity index is 0. The van der Waals surface area contributed by atoms with Gasteiger partial charge in [0.15, 0.2) is 5.85 Å². The van der Waals surface area contributed by atoms with Crippen molar-refractivity contribution in [3.05, 3.63) is 65.7 Å². The number of aromatic amines is 3. The third-order valence-electron chi connectivity index (χ3n) is 5.15. The number of aliphatic hydroxyl groups excluding tert-OH is 4. The van der Waals surface area contributed by atoms with Gasteiger partial charge in [0.05, 0.1) is 31.6 Å². The van der Waals surface area contributed by atoms with Crippen molar-refractivity contribution in [3.63, 3.8) is 0 Å². The van der Waals surface area contributed by atoms with Gasteiger partial charge in [0.25, 0.3) is 11.1 Å². The smallest absolute Gasteiger partial charge is 1.00 e. The third-order valence-corrected chi connectivity index (χ3v) is 6.23. The first-order chi connectivity index (χ1) is 19.7. The van der Waals surface area contributed by atoms with Crippen molar-refractivity contribution in [1.29, 1.82) is 0 Å². The standard InChI is InChI=1S/C9H11FN2O5.C5H11O6P.C4H3FN2O2.K.H3O4P.H/c10-4-2-12(9(16)11-8(4)15)7-1-5(14)6(3-13)17-7;6-2-4-3(7)1-5(11-4)12(8,9)10;5-2-1-6-4(9)7-3(2)8;;1-5(2,3)4;/h2,5-7,13-14H,1,3H2,(H,11,15,16);3-7H,1-2H2,(H2,8,9,10);1H,(H2,6,7,8,9);;(H3,1,2,3,4);/q;;;+1;;-1/t5?,6-,7-;3?,4-,5+;;;;/m11..../s1. The summed E-state index contributed by atoms with van der Waals surface area (Å²) in [7, 11) is -8.93. The molecule has 0 radical (unpaired) electrons. The van der Waals surface area contributed by atoms with E-state index in [1.165, 1.54) is 0 Å². The van der Waals surface area contributed by atoms with E-state index in [2.05, 4.69) is 0 Å². The van der Waals surface area contributed by atoms with Crippen molar-refractivity contribution < 1.29 is 125 Å². The van der Waals surface area contributed by atoms with Crippen LogP contribution in [0.4, 0.5) is 8.78 Å². The summed E-state index contributed by atoms with van der Waals surface area (Å²) < 4.78 is 55.2. The van der Waals surface area contributed by atoms with Crippen molar-refractivity contribution >= 4 is 15.4 Å². The second-order valence-electron chi connectivity index (χ2n) is 8.40. The van der Waals surface area contributed by atoms with E-state index in [-0.39, 0.29) is 65.7 Å². The maximum atomic E-state index is 13.0. The molecule has 0 amide bonds. The molecule has 248 valence electrons. The number of phosphoric acid groups is 1. The molecule has 2 unspecified atom stereocenters. The average Bonchev–Trinajstić information content (AvgIpc) is 3.45. The van der Waals surface area contributed by atoms with E-state index >= 15 is 0 Å². The van der Waals surface area contributed by atoms with Crippen LogP contribution in [-0.4, -0.2) is 108 Å². The molecule has 2 saturated heterocycles. The summed E-state index contributed by atoms with van der Waals surface area (Å²) >= 11 is 0. The fourth-order valence-corrected chi connectivity index (χ4v) is 4.01. The van der Waals surface area contributed by atoms with E-state index < -0.39 is 99.3 Å². The van der Waals surface area contributed by atoms with Crippen molar-refractivity contribution in [2.75, 3.05) is 13.2 Å². The van der Waals surface area contributed by atoms with Gasteiger partial charge in [-0.25, -0.2) is 14.2 Å². The summed E-state index contributed by atoms with van der Waals surface area (Å²) in [6.07, 6.45) is -3.18. The Hall–Kier alpha value is -1.12. The van der Waals surface area contributed by atoms with E-state index in [0.717, 1.165) is 10.8 Å². The first-order valence-corrected chi connectivity index (χ1v) is 14.6. The fraction of sp³-hybridized carbons (Fsp3) is 0.556. The van der Waals surface area contributed by atoms with Crippen LogP contribution in [-0.2, 0) is 18.6 Å². The van der Waals surface area contributed by atoms with Crippen LogP contribution in [0.3, 0.4) is 0 Å². The molecule has 0 aliphatic carbocycles. The number of H-pyrrole nitrogens is 3. The van der Waals surface area contributed by atoms with E-state index in [1.807, 2.05) is 4.98 Å². The van der Waals surface area contributed by atoms with Gasteiger partial charge in [0.1, 0.15) is 18.4 Å². The second kappa shape index (κ2) is 18.9. The van der Waals surface area contributed by atoms with Gasteiger partial charge in [-0.3, -0.25) is 28.7 Å². The number of aliphatic hydroxyl groups is 4. The molecule has 2 aromatic heterocycles. The van der Waals surface area contributed by atoms with Gasteiger partial charge in [0.2, 0.25) is 11.6 Å². The van der Waals surface area contributed by atoms with Crippen molar-refractivity contribution in [1.82, 2.24) is 19.5 Å². The van der Waals surface area contributed by atoms with Gasteiger partial charge < -0.3 is 60.8 Å². The largest absolute Gasteiger partial charge is 1.00 e. The monoisotopic (exact) mass is 712 g/mol. The fourth-order valence-electron chi connectivity index (χ4n) is 3.21. The maximum absolute atomic E-state index is 13.0. The minimum Gasteiger partial charge on any atom is -1.00 e. The predicted octanol–water partition coefficient (Wildman–Crippen LogP) is -7.66. The topological polar surface area (TPSA) is 355 Å². The number of hydrogen-bond donors (Lipinski definition) is 12. The van der Waals surface area contributed by atoms with Crippen LogP contribution in [0, 0.1) is 11.6 Å². The number of aromatic nitrogens is 4. The normalized spacial score (nSPS) is 24.4. The molecule has 2 aliphatic heterocycles. The first kappa shape index (κ1) is 42.9. The zero-order valence-corrected chi connectivity index (χ0v) is 27.2. The van der Waals surface area contributed by atoms with Gasteiger partial charge in [-0.05, 0) is 0 Å². The second-order valence-corrected chi connectivity index (χ2v) is 11.2. The Morgan fingerprint density at radius 2 is 1.34 bits per heavy atom. The molecule has 0 bridgehead atoms. The minimum absolute atomic E-state index is 0.